The van der Waals surface area contributed by atoms with Crippen LogP contribution in [0.3, 0.4) is 0 Å². The molecule has 0 saturated heterocycles. The third-order valence-corrected chi connectivity index (χ3v) is 5.62. The second kappa shape index (κ2) is 8.63. The molecule has 1 amide bonds. The van der Waals surface area contributed by atoms with Gasteiger partial charge in [-0.05, 0) is 43.7 Å². The fourth-order valence-corrected chi connectivity index (χ4v) is 4.19. The van der Waals surface area contributed by atoms with E-state index < -0.39 is 0 Å². The normalized spacial score (nSPS) is 11.3. The number of nitrogens with one attached hydrogen (secondary N) is 1. The van der Waals surface area contributed by atoms with Crippen molar-refractivity contribution in [2.24, 2.45) is 5.10 Å². The van der Waals surface area contributed by atoms with Crippen molar-refractivity contribution >= 4 is 23.0 Å². The van der Waals surface area contributed by atoms with Crippen LogP contribution in [0.25, 0.3) is 27.8 Å². The summed E-state index contributed by atoms with van der Waals surface area (Å²) in [6.45, 7) is 3.59. The Labute approximate surface area is 192 Å². The highest BCUT2D eigenvalue weighted by Crippen LogP contribution is 2.35. The second-order valence-corrected chi connectivity index (χ2v) is 7.84. The van der Waals surface area contributed by atoms with Gasteiger partial charge in [-0.1, -0.05) is 66.7 Å². The minimum absolute atomic E-state index is 0.298. The summed E-state index contributed by atoms with van der Waals surface area (Å²) in [5, 5.41) is 5.38. The van der Waals surface area contributed by atoms with Gasteiger partial charge >= 0.3 is 0 Å². The Morgan fingerprint density at radius 1 is 0.909 bits per heavy atom. The number of carbonyl (C=O) groups excluding carboxylic acids is 1. The van der Waals surface area contributed by atoms with Gasteiger partial charge in [0.25, 0.3) is 5.91 Å². The first-order chi connectivity index (χ1) is 16.1. The van der Waals surface area contributed by atoms with Crippen LogP contribution < -0.4 is 5.43 Å². The minimum atomic E-state index is -0.298. The van der Waals surface area contributed by atoms with Crippen LogP contribution >= 0.6 is 0 Å². The van der Waals surface area contributed by atoms with Gasteiger partial charge in [-0.15, -0.1) is 0 Å². The molecule has 0 radical (unpaired) electrons. The van der Waals surface area contributed by atoms with Crippen LogP contribution in [-0.2, 0) is 0 Å². The van der Waals surface area contributed by atoms with Crippen LogP contribution in [0, 0.1) is 13.8 Å². The maximum absolute atomic E-state index is 12.6. The largest absolute Gasteiger partial charge is 0.466 e. The van der Waals surface area contributed by atoms with Gasteiger partial charge in [-0.3, -0.25) is 4.79 Å². The molecule has 3 aromatic carbocycles. The molecule has 0 bridgehead atoms. The number of furan rings is 1. The van der Waals surface area contributed by atoms with Gasteiger partial charge in [0.15, 0.2) is 0 Å². The molecular weight excluding hydrogens is 410 g/mol. The molecule has 0 aliphatic carbocycles. The quantitative estimate of drug-likeness (QED) is 0.262. The van der Waals surface area contributed by atoms with E-state index >= 15 is 0 Å². The summed E-state index contributed by atoms with van der Waals surface area (Å²) in [6, 6.07) is 30.4. The third-order valence-electron chi connectivity index (χ3n) is 5.62. The van der Waals surface area contributed by atoms with E-state index in [4.69, 9.17) is 4.42 Å². The topological polar surface area (TPSA) is 59.5 Å². The lowest BCUT2D eigenvalue weighted by atomic mass is 10.1. The highest BCUT2D eigenvalue weighted by atomic mass is 16.3. The van der Waals surface area contributed by atoms with Crippen LogP contribution in [0.5, 0.6) is 0 Å². The number of aryl methyl sites for hydroxylation is 2. The van der Waals surface area contributed by atoms with Gasteiger partial charge in [0, 0.05) is 16.6 Å². The maximum atomic E-state index is 12.6. The lowest BCUT2D eigenvalue weighted by Gasteiger charge is -2.12. The van der Waals surface area contributed by atoms with Crippen molar-refractivity contribution < 1.29 is 9.21 Å². The monoisotopic (exact) mass is 433 g/mol. The highest BCUT2D eigenvalue weighted by molar-refractivity contribution is 6.08. The van der Waals surface area contributed by atoms with Crippen molar-refractivity contribution in [2.45, 2.75) is 13.8 Å². The van der Waals surface area contributed by atoms with E-state index in [0.717, 1.165) is 33.4 Å². The summed E-state index contributed by atoms with van der Waals surface area (Å²) in [5.74, 6) is 0.971. The summed E-state index contributed by atoms with van der Waals surface area (Å²) in [5.41, 5.74) is 8.27. The van der Waals surface area contributed by atoms with E-state index in [2.05, 4.69) is 51.5 Å². The van der Waals surface area contributed by atoms with Gasteiger partial charge in [-0.25, -0.2) is 5.43 Å². The number of benzene rings is 3. The Balaban J connectivity index is 1.65. The smallest absolute Gasteiger partial charge is 0.274 e. The lowest BCUT2D eigenvalue weighted by Crippen LogP contribution is -2.17. The number of fused-ring (bicyclic) bond motifs is 1. The minimum Gasteiger partial charge on any atom is -0.466 e. The molecule has 33 heavy (non-hydrogen) atoms. The van der Waals surface area contributed by atoms with Crippen LogP contribution in [0.15, 0.2) is 101 Å². The van der Waals surface area contributed by atoms with Crippen molar-refractivity contribution in [3.63, 3.8) is 0 Å². The van der Waals surface area contributed by atoms with Crippen LogP contribution in [0.2, 0.25) is 0 Å². The van der Waals surface area contributed by atoms with Gasteiger partial charge in [-0.2, -0.15) is 5.10 Å². The predicted molar refractivity (Wildman–Crippen MR) is 132 cm³/mol. The zero-order valence-electron chi connectivity index (χ0n) is 18.4. The predicted octanol–water partition coefficient (Wildman–Crippen LogP) is 6.27. The number of hydrogen-bond acceptors (Lipinski definition) is 3. The number of para-hydroxylation sites is 2. The second-order valence-electron chi connectivity index (χ2n) is 7.84. The Hall–Kier alpha value is -4.38. The first kappa shape index (κ1) is 20.5. The highest BCUT2D eigenvalue weighted by Gasteiger charge is 2.19. The Morgan fingerprint density at radius 2 is 1.58 bits per heavy atom. The van der Waals surface area contributed by atoms with E-state index in [1.165, 1.54) is 0 Å². The molecule has 0 aliphatic heterocycles. The van der Waals surface area contributed by atoms with Crippen molar-refractivity contribution in [2.75, 3.05) is 0 Å². The molecule has 1 N–H and O–H groups in total. The zero-order valence-corrected chi connectivity index (χ0v) is 18.4. The van der Waals surface area contributed by atoms with Crippen molar-refractivity contribution in [3.05, 3.63) is 114 Å². The molecule has 0 saturated carbocycles. The van der Waals surface area contributed by atoms with E-state index in [1.54, 1.807) is 19.2 Å². The molecule has 2 aromatic heterocycles. The first-order valence-electron chi connectivity index (χ1n) is 10.8. The van der Waals surface area contributed by atoms with E-state index in [0.29, 0.717) is 17.1 Å². The Bertz CT molecular complexity index is 1460. The summed E-state index contributed by atoms with van der Waals surface area (Å²) in [4.78, 5) is 12.6. The van der Waals surface area contributed by atoms with E-state index in [1.807, 2.05) is 55.5 Å². The average Bonchev–Trinajstić information content (AvgIpc) is 3.36. The van der Waals surface area contributed by atoms with Crippen LogP contribution in [-0.4, -0.2) is 16.7 Å². The number of hydrogen-bond donors (Lipinski definition) is 1. The van der Waals surface area contributed by atoms with Crippen molar-refractivity contribution in [3.8, 4) is 16.9 Å². The molecule has 0 spiro atoms. The molecular formula is C28H23N3O2. The van der Waals surface area contributed by atoms with Crippen LogP contribution in [0.1, 0.15) is 27.4 Å². The number of carbonyl (C=O) groups is 1. The average molecular weight is 434 g/mol. The number of nitrogens with zero attached hydrogens (tertiary/aromatic N) is 2. The fourth-order valence-electron chi connectivity index (χ4n) is 4.19. The van der Waals surface area contributed by atoms with Crippen molar-refractivity contribution in [1.29, 1.82) is 0 Å². The number of amides is 1. The lowest BCUT2D eigenvalue weighted by molar-refractivity contribution is 0.0953. The SMILES string of the molecule is Cc1cc(C(=O)N/N=C\c2c(-c3ccccc3)n(-c3ccccc3)c3ccccc23)c(C)o1. The zero-order chi connectivity index (χ0) is 22.8. The molecule has 0 aliphatic rings. The van der Waals surface area contributed by atoms with Gasteiger partial charge in [0.05, 0.1) is 23.0 Å². The van der Waals surface area contributed by atoms with E-state index in [-0.39, 0.29) is 5.91 Å². The Morgan fingerprint density at radius 3 is 2.27 bits per heavy atom. The van der Waals surface area contributed by atoms with Crippen LogP contribution in [0.4, 0.5) is 0 Å². The molecule has 5 aromatic rings. The van der Waals surface area contributed by atoms with Gasteiger partial charge < -0.3 is 8.98 Å². The molecule has 5 heteroatoms. The molecule has 5 rings (SSSR count). The number of aromatic nitrogens is 1. The fraction of sp³-hybridized carbons (Fsp3) is 0.0714. The van der Waals surface area contributed by atoms with Crippen molar-refractivity contribution in [1.82, 2.24) is 9.99 Å². The Kier molecular flexibility index (Phi) is 5.37. The van der Waals surface area contributed by atoms with E-state index in [9.17, 15) is 4.79 Å². The molecule has 0 atom stereocenters. The molecule has 162 valence electrons. The third kappa shape index (κ3) is 3.85. The van der Waals surface area contributed by atoms with Gasteiger partial charge in [0.2, 0.25) is 0 Å². The molecule has 5 nitrogen and oxygen atoms in total. The summed E-state index contributed by atoms with van der Waals surface area (Å²) in [6.07, 6.45) is 1.73. The van der Waals surface area contributed by atoms with Gasteiger partial charge in [0.1, 0.15) is 11.5 Å². The number of hydrazone groups is 1. The molecule has 0 fully saturated rings. The summed E-state index contributed by atoms with van der Waals surface area (Å²) < 4.78 is 7.70. The molecule has 0 unspecified atom stereocenters. The summed E-state index contributed by atoms with van der Waals surface area (Å²) >= 11 is 0. The standard InChI is InChI=1S/C28H23N3O2/c1-19-17-24(20(2)33-19)28(32)30-29-18-25-23-15-9-10-16-26(23)31(22-13-7-4-8-14-22)27(25)21-11-5-3-6-12-21/h3-18H,1-2H3,(H,30,32)/b29-18-. The number of rotatable bonds is 5. The summed E-state index contributed by atoms with van der Waals surface area (Å²) in [7, 11) is 0. The molecule has 2 heterocycles. The maximum Gasteiger partial charge on any atom is 0.274 e. The first-order valence-corrected chi connectivity index (χ1v) is 10.8.